The van der Waals surface area contributed by atoms with Gasteiger partial charge in [0.05, 0.1) is 5.69 Å². The topological polar surface area (TPSA) is 42.9 Å². The third-order valence-electron chi connectivity index (χ3n) is 3.25. The van der Waals surface area contributed by atoms with Crippen molar-refractivity contribution in [2.75, 3.05) is 0 Å². The molecule has 0 unspecified atom stereocenters. The molecule has 0 saturated carbocycles. The van der Waals surface area contributed by atoms with Crippen molar-refractivity contribution in [3.05, 3.63) is 47.4 Å². The van der Waals surface area contributed by atoms with Gasteiger partial charge in [-0.3, -0.25) is 14.8 Å². The predicted octanol–water partition coefficient (Wildman–Crippen LogP) is 3.29. The summed E-state index contributed by atoms with van der Waals surface area (Å²) in [6.07, 6.45) is -0.767. The summed E-state index contributed by atoms with van der Waals surface area (Å²) in [5.74, 6) is 0.00810. The van der Waals surface area contributed by atoms with Crippen molar-refractivity contribution in [2.45, 2.75) is 19.0 Å². The molecule has 0 atom stereocenters. The molecule has 3 rings (SSSR count). The van der Waals surface area contributed by atoms with E-state index < -0.39 is 11.9 Å². The summed E-state index contributed by atoms with van der Waals surface area (Å²) >= 11 is 0. The molecule has 2 aromatic heterocycles. The van der Waals surface area contributed by atoms with Gasteiger partial charge in [-0.05, 0) is 30.2 Å². The summed E-state index contributed by atoms with van der Waals surface area (Å²) in [7, 11) is 0. The van der Waals surface area contributed by atoms with Crippen molar-refractivity contribution >= 4 is 5.78 Å². The zero-order valence-electron chi connectivity index (χ0n) is 10.2. The standard InChI is InChI=1S/C14H9F3N2O/c15-14(16,17)13-5-8(3-4-18-13)11-6-10-9(7-19-11)1-2-12(10)20/h3-7H,1-2H2. The molecule has 2 heterocycles. The van der Waals surface area contributed by atoms with Gasteiger partial charge < -0.3 is 0 Å². The van der Waals surface area contributed by atoms with Crippen molar-refractivity contribution in [1.82, 2.24) is 9.97 Å². The second-order valence-electron chi connectivity index (χ2n) is 4.58. The Kier molecular flexibility index (Phi) is 2.81. The highest BCUT2D eigenvalue weighted by atomic mass is 19.4. The first-order chi connectivity index (χ1) is 9.45. The SMILES string of the molecule is O=C1CCc2cnc(-c3ccnc(C(F)(F)F)c3)cc21. The number of halogens is 3. The van der Waals surface area contributed by atoms with Gasteiger partial charge in [-0.1, -0.05) is 0 Å². The van der Waals surface area contributed by atoms with Crippen molar-refractivity contribution in [1.29, 1.82) is 0 Å². The molecule has 20 heavy (non-hydrogen) atoms. The molecule has 0 radical (unpaired) electrons. The maximum atomic E-state index is 12.6. The molecule has 1 aliphatic carbocycles. The molecule has 0 amide bonds. The van der Waals surface area contributed by atoms with E-state index in [0.29, 0.717) is 29.7 Å². The Morgan fingerprint density at radius 3 is 2.65 bits per heavy atom. The van der Waals surface area contributed by atoms with E-state index in [1.165, 1.54) is 6.07 Å². The second kappa shape index (κ2) is 4.40. The molecule has 0 aliphatic heterocycles. The molecule has 0 saturated heterocycles. The predicted molar refractivity (Wildman–Crippen MR) is 65.1 cm³/mol. The largest absolute Gasteiger partial charge is 0.433 e. The third kappa shape index (κ3) is 2.17. The van der Waals surface area contributed by atoms with Crippen molar-refractivity contribution in [2.24, 2.45) is 0 Å². The van der Waals surface area contributed by atoms with E-state index in [9.17, 15) is 18.0 Å². The van der Waals surface area contributed by atoms with Crippen LogP contribution in [0.25, 0.3) is 11.3 Å². The van der Waals surface area contributed by atoms with Gasteiger partial charge in [0.15, 0.2) is 5.78 Å². The number of Topliss-reactive ketones (excluding diaryl/α,β-unsaturated/α-hetero) is 1. The van der Waals surface area contributed by atoms with E-state index in [1.54, 1.807) is 12.3 Å². The molecule has 0 N–H and O–H groups in total. The lowest BCUT2D eigenvalue weighted by Gasteiger charge is -2.08. The average Bonchev–Trinajstić information content (AvgIpc) is 2.79. The van der Waals surface area contributed by atoms with Gasteiger partial charge in [-0.15, -0.1) is 0 Å². The molecular weight excluding hydrogens is 269 g/mol. The van der Waals surface area contributed by atoms with E-state index >= 15 is 0 Å². The van der Waals surface area contributed by atoms with Gasteiger partial charge in [-0.25, -0.2) is 0 Å². The van der Waals surface area contributed by atoms with E-state index in [0.717, 1.165) is 17.8 Å². The molecule has 102 valence electrons. The first-order valence-corrected chi connectivity index (χ1v) is 6.01. The fourth-order valence-electron chi connectivity index (χ4n) is 2.23. The number of hydrogen-bond donors (Lipinski definition) is 0. The molecule has 0 spiro atoms. The van der Waals surface area contributed by atoms with Crippen LogP contribution in [0.2, 0.25) is 0 Å². The van der Waals surface area contributed by atoms with Gasteiger partial charge in [0.1, 0.15) is 5.69 Å². The highest BCUT2D eigenvalue weighted by Gasteiger charge is 2.32. The first-order valence-electron chi connectivity index (χ1n) is 6.01. The van der Waals surface area contributed by atoms with Gasteiger partial charge in [0.25, 0.3) is 0 Å². The van der Waals surface area contributed by atoms with Crippen LogP contribution in [0.5, 0.6) is 0 Å². The maximum absolute atomic E-state index is 12.6. The van der Waals surface area contributed by atoms with E-state index in [1.807, 2.05) is 0 Å². The van der Waals surface area contributed by atoms with Crippen molar-refractivity contribution < 1.29 is 18.0 Å². The lowest BCUT2D eigenvalue weighted by atomic mass is 10.1. The van der Waals surface area contributed by atoms with Crippen LogP contribution in [-0.2, 0) is 12.6 Å². The number of aryl methyl sites for hydroxylation is 1. The summed E-state index contributed by atoms with van der Waals surface area (Å²) in [5, 5.41) is 0. The Bertz CT molecular complexity index is 695. The monoisotopic (exact) mass is 278 g/mol. The Hall–Kier alpha value is -2.24. The highest BCUT2D eigenvalue weighted by molar-refractivity contribution is 6.01. The van der Waals surface area contributed by atoms with Gasteiger partial charge >= 0.3 is 6.18 Å². The number of rotatable bonds is 1. The van der Waals surface area contributed by atoms with Gasteiger partial charge in [-0.2, -0.15) is 13.2 Å². The van der Waals surface area contributed by atoms with E-state index in [-0.39, 0.29) is 5.78 Å². The summed E-state index contributed by atoms with van der Waals surface area (Å²) in [4.78, 5) is 19.1. The molecule has 0 fully saturated rings. The number of carbonyl (C=O) groups is 1. The number of fused-ring (bicyclic) bond motifs is 1. The average molecular weight is 278 g/mol. The first kappa shape index (κ1) is 12.8. The summed E-state index contributed by atoms with van der Waals surface area (Å²) in [6, 6.07) is 3.94. The van der Waals surface area contributed by atoms with Crippen molar-refractivity contribution in [3.63, 3.8) is 0 Å². The molecule has 0 bridgehead atoms. The van der Waals surface area contributed by atoms with Crippen LogP contribution in [0.1, 0.15) is 28.0 Å². The third-order valence-corrected chi connectivity index (χ3v) is 3.25. The fraction of sp³-hybridized carbons (Fsp3) is 0.214. The van der Waals surface area contributed by atoms with Crippen LogP contribution in [0.15, 0.2) is 30.6 Å². The zero-order valence-corrected chi connectivity index (χ0v) is 10.2. The minimum Gasteiger partial charge on any atom is -0.294 e. The smallest absolute Gasteiger partial charge is 0.294 e. The Balaban J connectivity index is 2.06. The van der Waals surface area contributed by atoms with Gasteiger partial charge in [0.2, 0.25) is 0 Å². The van der Waals surface area contributed by atoms with E-state index in [2.05, 4.69) is 9.97 Å². The Morgan fingerprint density at radius 2 is 1.90 bits per heavy atom. The molecule has 6 heteroatoms. The summed E-state index contributed by atoms with van der Waals surface area (Å²) in [6.45, 7) is 0. The maximum Gasteiger partial charge on any atom is 0.433 e. The van der Waals surface area contributed by atoms with Crippen LogP contribution < -0.4 is 0 Å². The minimum atomic E-state index is -4.50. The Morgan fingerprint density at radius 1 is 1.10 bits per heavy atom. The van der Waals surface area contributed by atoms with Crippen LogP contribution >= 0.6 is 0 Å². The number of alkyl halides is 3. The number of hydrogen-bond acceptors (Lipinski definition) is 3. The van der Waals surface area contributed by atoms with Crippen LogP contribution in [0.3, 0.4) is 0 Å². The summed E-state index contributed by atoms with van der Waals surface area (Å²) in [5.41, 5.74) is 1.09. The number of nitrogens with zero attached hydrogens (tertiary/aromatic N) is 2. The van der Waals surface area contributed by atoms with E-state index in [4.69, 9.17) is 0 Å². The van der Waals surface area contributed by atoms with Crippen molar-refractivity contribution in [3.8, 4) is 11.3 Å². The summed E-state index contributed by atoms with van der Waals surface area (Å²) < 4.78 is 37.9. The molecule has 0 aromatic carbocycles. The molecular formula is C14H9F3N2O. The van der Waals surface area contributed by atoms with Crippen LogP contribution in [-0.4, -0.2) is 15.8 Å². The number of ketones is 1. The lowest BCUT2D eigenvalue weighted by Crippen LogP contribution is -2.07. The van der Waals surface area contributed by atoms with Crippen LogP contribution in [0, 0.1) is 0 Å². The van der Waals surface area contributed by atoms with Crippen LogP contribution in [0.4, 0.5) is 13.2 Å². The molecule has 3 nitrogen and oxygen atoms in total. The molecule has 1 aliphatic rings. The fourth-order valence-corrected chi connectivity index (χ4v) is 2.23. The highest BCUT2D eigenvalue weighted by Crippen LogP contribution is 2.31. The van der Waals surface area contributed by atoms with Gasteiger partial charge in [0, 0.05) is 29.9 Å². The number of aromatic nitrogens is 2. The number of pyridine rings is 2. The zero-order chi connectivity index (χ0) is 14.3. The number of carbonyl (C=O) groups excluding carboxylic acids is 1. The minimum absolute atomic E-state index is 0.00810. The molecule has 2 aromatic rings. The Labute approximate surface area is 112 Å². The normalized spacial score (nSPS) is 14.4. The quantitative estimate of drug-likeness (QED) is 0.804. The lowest BCUT2D eigenvalue weighted by molar-refractivity contribution is -0.141. The second-order valence-corrected chi connectivity index (χ2v) is 4.58.